The standard InChI is InChI=1S/C31H35N3O5S/c1-32-29(20-6-12-23(40-5)13-7-20)28(24-18-26(38-3)27(39-4)19-25(24)30(32)35)31(36)34-16-14-33(15-17-34)21-8-10-22(37-2)11-9-21/h6-13,18-19,28-29H,14-17H2,1-5H3/t28-,29+/m1/s1. The Morgan fingerprint density at radius 1 is 0.850 bits per heavy atom. The zero-order chi connectivity index (χ0) is 28.4. The number of rotatable bonds is 7. The third-order valence-corrected chi connectivity index (χ3v) is 8.67. The lowest BCUT2D eigenvalue weighted by Gasteiger charge is -2.43. The van der Waals surface area contributed by atoms with Crippen molar-refractivity contribution in [2.24, 2.45) is 0 Å². The molecule has 5 rings (SSSR count). The first-order chi connectivity index (χ1) is 19.4. The Labute approximate surface area is 239 Å². The van der Waals surface area contributed by atoms with Crippen molar-refractivity contribution < 1.29 is 23.8 Å². The summed E-state index contributed by atoms with van der Waals surface area (Å²) >= 11 is 1.66. The molecule has 2 amide bonds. The van der Waals surface area contributed by atoms with E-state index in [4.69, 9.17) is 14.2 Å². The van der Waals surface area contributed by atoms with Crippen LogP contribution < -0.4 is 19.1 Å². The van der Waals surface area contributed by atoms with E-state index in [1.807, 2.05) is 59.7 Å². The molecule has 0 spiro atoms. The Morgan fingerprint density at radius 2 is 1.48 bits per heavy atom. The highest BCUT2D eigenvalue weighted by Crippen LogP contribution is 2.46. The maximum Gasteiger partial charge on any atom is 0.254 e. The summed E-state index contributed by atoms with van der Waals surface area (Å²) in [5.41, 5.74) is 3.16. The van der Waals surface area contributed by atoms with E-state index in [9.17, 15) is 9.59 Å². The van der Waals surface area contributed by atoms with E-state index >= 15 is 0 Å². The third kappa shape index (κ3) is 5.06. The topological polar surface area (TPSA) is 71.5 Å². The van der Waals surface area contributed by atoms with E-state index in [2.05, 4.69) is 4.90 Å². The van der Waals surface area contributed by atoms with Crippen LogP contribution >= 0.6 is 11.8 Å². The number of piperazine rings is 1. The summed E-state index contributed by atoms with van der Waals surface area (Å²) in [6, 6.07) is 19.2. The largest absolute Gasteiger partial charge is 0.497 e. The highest BCUT2D eigenvalue weighted by Gasteiger charge is 2.45. The van der Waals surface area contributed by atoms with Gasteiger partial charge in [-0.3, -0.25) is 9.59 Å². The number of nitrogens with zero attached hydrogens (tertiary/aromatic N) is 3. The molecule has 0 N–H and O–H groups in total. The highest BCUT2D eigenvalue weighted by molar-refractivity contribution is 7.98. The second-order valence-electron chi connectivity index (χ2n) is 9.92. The Bertz CT molecular complexity index is 1370. The maximum atomic E-state index is 14.4. The van der Waals surface area contributed by atoms with Crippen molar-refractivity contribution in [1.29, 1.82) is 0 Å². The minimum absolute atomic E-state index is 0.00106. The van der Waals surface area contributed by atoms with Crippen LogP contribution in [0.25, 0.3) is 0 Å². The number of fused-ring (bicyclic) bond motifs is 1. The van der Waals surface area contributed by atoms with Crippen molar-refractivity contribution in [2.45, 2.75) is 16.9 Å². The quantitative estimate of drug-likeness (QED) is 0.388. The molecule has 8 nitrogen and oxygen atoms in total. The molecule has 2 heterocycles. The van der Waals surface area contributed by atoms with Gasteiger partial charge < -0.3 is 28.9 Å². The molecule has 210 valence electrons. The first kappa shape index (κ1) is 27.7. The Balaban J connectivity index is 1.50. The number of hydrogen-bond acceptors (Lipinski definition) is 7. The summed E-state index contributed by atoms with van der Waals surface area (Å²) in [6.07, 6.45) is 2.03. The minimum Gasteiger partial charge on any atom is -0.497 e. The fourth-order valence-electron chi connectivity index (χ4n) is 5.71. The zero-order valence-electron chi connectivity index (χ0n) is 23.5. The molecule has 2 aliphatic heterocycles. The van der Waals surface area contributed by atoms with Crippen LogP contribution in [-0.4, -0.2) is 82.4 Å². The molecule has 0 bridgehead atoms. The number of carbonyl (C=O) groups excluding carboxylic acids is 2. The molecule has 2 atom stereocenters. The molecule has 0 saturated carbocycles. The SMILES string of the molecule is COc1ccc(N2CCN(C(=O)[C@@H]3c4cc(OC)c(OC)cc4C(=O)N(C)[C@H]3c3ccc(SC)cc3)CC2)cc1. The summed E-state index contributed by atoms with van der Waals surface area (Å²) in [6.45, 7) is 2.59. The number of hydrogen-bond donors (Lipinski definition) is 0. The van der Waals surface area contributed by atoms with Gasteiger partial charge in [0.25, 0.3) is 5.91 Å². The van der Waals surface area contributed by atoms with Crippen molar-refractivity contribution in [3.8, 4) is 17.2 Å². The average Bonchev–Trinajstić information content (AvgIpc) is 3.01. The summed E-state index contributed by atoms with van der Waals surface area (Å²) in [5.74, 6) is 1.03. The molecular weight excluding hydrogens is 526 g/mol. The number of benzene rings is 3. The van der Waals surface area contributed by atoms with Crippen LogP contribution in [0.4, 0.5) is 5.69 Å². The van der Waals surface area contributed by atoms with Gasteiger partial charge in [-0.05, 0) is 65.9 Å². The first-order valence-electron chi connectivity index (χ1n) is 13.2. The van der Waals surface area contributed by atoms with Crippen LogP contribution in [0.3, 0.4) is 0 Å². The van der Waals surface area contributed by atoms with Gasteiger partial charge in [0.1, 0.15) is 5.75 Å². The molecule has 1 saturated heterocycles. The Hall–Kier alpha value is -3.85. The second kappa shape index (κ2) is 11.7. The number of ether oxygens (including phenoxy) is 3. The van der Waals surface area contributed by atoms with Crippen LogP contribution in [0.5, 0.6) is 17.2 Å². The number of anilines is 1. The van der Waals surface area contributed by atoms with E-state index in [0.717, 1.165) is 21.9 Å². The van der Waals surface area contributed by atoms with Crippen LogP contribution in [0, 0.1) is 0 Å². The molecule has 3 aromatic carbocycles. The summed E-state index contributed by atoms with van der Waals surface area (Å²) in [7, 11) is 6.54. The lowest BCUT2D eigenvalue weighted by atomic mass is 9.78. The van der Waals surface area contributed by atoms with Gasteiger partial charge in [0.15, 0.2) is 11.5 Å². The zero-order valence-corrected chi connectivity index (χ0v) is 24.4. The summed E-state index contributed by atoms with van der Waals surface area (Å²) < 4.78 is 16.4. The molecule has 2 aliphatic rings. The maximum absolute atomic E-state index is 14.4. The second-order valence-corrected chi connectivity index (χ2v) is 10.8. The highest BCUT2D eigenvalue weighted by atomic mass is 32.2. The lowest BCUT2D eigenvalue weighted by molar-refractivity contribution is -0.134. The van der Waals surface area contributed by atoms with E-state index < -0.39 is 12.0 Å². The number of carbonyl (C=O) groups is 2. The van der Waals surface area contributed by atoms with Crippen molar-refractivity contribution in [2.75, 3.05) is 65.7 Å². The van der Waals surface area contributed by atoms with Gasteiger partial charge in [-0.15, -0.1) is 11.8 Å². The molecule has 1 fully saturated rings. The van der Waals surface area contributed by atoms with E-state index in [-0.39, 0.29) is 11.8 Å². The molecule has 3 aromatic rings. The van der Waals surface area contributed by atoms with Crippen LogP contribution in [0.15, 0.2) is 65.6 Å². The molecule has 0 unspecified atom stereocenters. The predicted octanol–water partition coefficient (Wildman–Crippen LogP) is 4.69. The third-order valence-electron chi connectivity index (χ3n) is 7.93. The van der Waals surface area contributed by atoms with Gasteiger partial charge in [-0.25, -0.2) is 0 Å². The summed E-state index contributed by atoms with van der Waals surface area (Å²) in [4.78, 5) is 35.1. The predicted molar refractivity (Wildman–Crippen MR) is 157 cm³/mol. The van der Waals surface area contributed by atoms with E-state index in [0.29, 0.717) is 48.8 Å². The normalized spacial score (nSPS) is 18.8. The number of amides is 2. The monoisotopic (exact) mass is 561 g/mol. The Kier molecular flexibility index (Phi) is 8.12. The first-order valence-corrected chi connectivity index (χ1v) is 14.5. The van der Waals surface area contributed by atoms with Gasteiger partial charge in [-0.1, -0.05) is 12.1 Å². The average molecular weight is 562 g/mol. The lowest BCUT2D eigenvalue weighted by Crippen LogP contribution is -2.53. The van der Waals surface area contributed by atoms with Gasteiger partial charge in [0.2, 0.25) is 5.91 Å². The Morgan fingerprint density at radius 3 is 2.05 bits per heavy atom. The molecule has 0 aromatic heterocycles. The fraction of sp³-hybridized carbons (Fsp3) is 0.355. The summed E-state index contributed by atoms with van der Waals surface area (Å²) in [5, 5.41) is 0. The fourth-order valence-corrected chi connectivity index (χ4v) is 6.12. The minimum atomic E-state index is -0.592. The van der Waals surface area contributed by atoms with Crippen molar-refractivity contribution in [1.82, 2.24) is 9.80 Å². The van der Waals surface area contributed by atoms with E-state index in [1.165, 1.54) is 0 Å². The van der Waals surface area contributed by atoms with Gasteiger partial charge >= 0.3 is 0 Å². The molecule has 40 heavy (non-hydrogen) atoms. The molecule has 0 aliphatic carbocycles. The number of thioether (sulfide) groups is 1. The van der Waals surface area contributed by atoms with Gasteiger partial charge in [-0.2, -0.15) is 0 Å². The van der Waals surface area contributed by atoms with Crippen LogP contribution in [0.1, 0.15) is 33.4 Å². The molecular formula is C31H35N3O5S. The molecule has 9 heteroatoms. The van der Waals surface area contributed by atoms with Gasteiger partial charge in [0.05, 0.1) is 33.3 Å². The number of methoxy groups -OCH3 is 3. The molecule has 0 radical (unpaired) electrons. The number of likely N-dealkylation sites (N-methyl/N-ethyl adjacent to an activating group) is 1. The van der Waals surface area contributed by atoms with Crippen molar-refractivity contribution >= 4 is 29.3 Å². The van der Waals surface area contributed by atoms with Crippen molar-refractivity contribution in [3.63, 3.8) is 0 Å². The van der Waals surface area contributed by atoms with E-state index in [1.54, 1.807) is 57.2 Å². The van der Waals surface area contributed by atoms with Gasteiger partial charge in [0, 0.05) is 49.4 Å². The van der Waals surface area contributed by atoms with Crippen LogP contribution in [-0.2, 0) is 4.79 Å². The van der Waals surface area contributed by atoms with Crippen LogP contribution in [0.2, 0.25) is 0 Å². The smallest absolute Gasteiger partial charge is 0.254 e. The van der Waals surface area contributed by atoms with Crippen molar-refractivity contribution in [3.05, 3.63) is 77.4 Å².